The molecule has 1 aliphatic rings. The third-order valence-electron chi connectivity index (χ3n) is 3.07. The molecule has 0 spiro atoms. The van der Waals surface area contributed by atoms with Crippen molar-refractivity contribution in [1.82, 2.24) is 9.88 Å². The molecule has 1 saturated heterocycles. The molecule has 0 bridgehead atoms. The average Bonchev–Trinajstić information content (AvgIpc) is 2.37. The monoisotopic (exact) mass is 306 g/mol. The van der Waals surface area contributed by atoms with Crippen LogP contribution < -0.4 is 0 Å². The molecule has 1 aromatic rings. The van der Waals surface area contributed by atoms with Crippen molar-refractivity contribution in [2.45, 2.75) is 12.3 Å². The first-order valence-electron chi connectivity index (χ1n) is 5.73. The van der Waals surface area contributed by atoms with E-state index in [1.807, 2.05) is 0 Å². The van der Waals surface area contributed by atoms with E-state index in [1.165, 1.54) is 12.3 Å². The fourth-order valence-electron chi connectivity index (χ4n) is 2.07. The van der Waals surface area contributed by atoms with Crippen LogP contribution in [0, 0.1) is 5.92 Å². The Balaban J connectivity index is 0.00000200. The van der Waals surface area contributed by atoms with Crippen LogP contribution in [0.1, 0.15) is 16.9 Å². The topological polar surface area (TPSA) is 70.5 Å². The molecule has 1 fully saturated rings. The predicted octanol–water partition coefficient (Wildman–Crippen LogP) is 1.69. The van der Waals surface area contributed by atoms with Gasteiger partial charge in [0, 0.05) is 12.7 Å². The van der Waals surface area contributed by atoms with Crippen molar-refractivity contribution in [1.29, 1.82) is 0 Å². The van der Waals surface area contributed by atoms with Gasteiger partial charge in [-0.25, -0.2) is 8.78 Å². The number of piperidine rings is 1. The Bertz CT molecular complexity index is 499. The summed E-state index contributed by atoms with van der Waals surface area (Å²) in [6, 6.07) is 4.63. The van der Waals surface area contributed by atoms with Crippen molar-refractivity contribution >= 4 is 24.3 Å². The van der Waals surface area contributed by atoms with Gasteiger partial charge in [0.15, 0.2) is 0 Å². The zero-order valence-electron chi connectivity index (χ0n) is 10.3. The summed E-state index contributed by atoms with van der Waals surface area (Å²) in [7, 11) is 0. The Labute approximate surface area is 120 Å². The fourth-order valence-corrected chi connectivity index (χ4v) is 2.07. The number of halogens is 3. The van der Waals surface area contributed by atoms with Gasteiger partial charge in [-0.05, 0) is 18.6 Å². The minimum absolute atomic E-state index is 0. The molecular weight excluding hydrogens is 294 g/mol. The number of alkyl halides is 2. The van der Waals surface area contributed by atoms with Gasteiger partial charge < -0.3 is 10.0 Å². The highest BCUT2D eigenvalue weighted by Crippen LogP contribution is 2.33. The van der Waals surface area contributed by atoms with Crippen LogP contribution in [0.4, 0.5) is 8.78 Å². The van der Waals surface area contributed by atoms with Crippen molar-refractivity contribution in [2.24, 2.45) is 5.92 Å². The van der Waals surface area contributed by atoms with E-state index >= 15 is 0 Å². The maximum Gasteiger partial charge on any atom is 0.312 e. The first kappa shape index (κ1) is 16.3. The zero-order valence-corrected chi connectivity index (χ0v) is 11.1. The molecule has 1 amide bonds. The van der Waals surface area contributed by atoms with Crippen molar-refractivity contribution in [2.75, 3.05) is 13.1 Å². The van der Waals surface area contributed by atoms with Crippen molar-refractivity contribution < 1.29 is 23.5 Å². The van der Waals surface area contributed by atoms with Gasteiger partial charge in [0.05, 0.1) is 6.54 Å². The van der Waals surface area contributed by atoms with Gasteiger partial charge in [-0.15, -0.1) is 12.4 Å². The van der Waals surface area contributed by atoms with E-state index in [1.54, 1.807) is 12.1 Å². The molecule has 110 valence electrons. The number of carbonyl (C=O) groups is 2. The highest BCUT2D eigenvalue weighted by atomic mass is 35.5. The maximum atomic E-state index is 13.7. The smallest absolute Gasteiger partial charge is 0.312 e. The number of aromatic nitrogens is 1. The number of rotatable bonds is 2. The average molecular weight is 307 g/mol. The molecule has 0 aliphatic carbocycles. The lowest BCUT2D eigenvalue weighted by Crippen LogP contribution is -2.53. The van der Waals surface area contributed by atoms with Crippen molar-refractivity contribution in [3.63, 3.8) is 0 Å². The highest BCUT2D eigenvalue weighted by Gasteiger charge is 2.49. The largest absolute Gasteiger partial charge is 0.481 e. The number of carbonyl (C=O) groups excluding carboxylic acids is 1. The summed E-state index contributed by atoms with van der Waals surface area (Å²) in [5, 5.41) is 8.72. The second-order valence-electron chi connectivity index (χ2n) is 4.38. The van der Waals surface area contributed by atoms with Crippen LogP contribution >= 0.6 is 12.4 Å². The van der Waals surface area contributed by atoms with Crippen molar-refractivity contribution in [3.8, 4) is 0 Å². The molecule has 5 nitrogen and oxygen atoms in total. The molecule has 1 aromatic heterocycles. The van der Waals surface area contributed by atoms with Crippen LogP contribution in [-0.2, 0) is 4.79 Å². The molecule has 0 radical (unpaired) electrons. The Kier molecular flexibility index (Phi) is 4.99. The van der Waals surface area contributed by atoms with E-state index in [-0.39, 0.29) is 31.1 Å². The summed E-state index contributed by atoms with van der Waals surface area (Å²) < 4.78 is 27.3. The van der Waals surface area contributed by atoms with E-state index in [2.05, 4.69) is 4.98 Å². The Morgan fingerprint density at radius 2 is 2.10 bits per heavy atom. The van der Waals surface area contributed by atoms with Gasteiger partial charge >= 0.3 is 5.97 Å². The standard InChI is InChI=1S/C12H12F2N2O3.ClH/c13-12(14)7-16(6-4-8(12)11(18)19)10(17)9-3-1-2-5-15-9;/h1-3,5,8H,4,6-7H2,(H,18,19);1H. The Morgan fingerprint density at radius 3 is 2.60 bits per heavy atom. The number of hydrogen-bond donors (Lipinski definition) is 1. The van der Waals surface area contributed by atoms with E-state index in [9.17, 15) is 18.4 Å². The van der Waals surface area contributed by atoms with Gasteiger partial charge in [0.25, 0.3) is 11.8 Å². The van der Waals surface area contributed by atoms with E-state index < -0.39 is 30.3 Å². The van der Waals surface area contributed by atoms with E-state index in [0.717, 1.165) is 4.90 Å². The normalized spacial score (nSPS) is 20.9. The van der Waals surface area contributed by atoms with Crippen LogP contribution in [0.5, 0.6) is 0 Å². The van der Waals surface area contributed by atoms with Gasteiger partial charge in [-0.1, -0.05) is 6.07 Å². The van der Waals surface area contributed by atoms with Crippen LogP contribution in [0.2, 0.25) is 0 Å². The fraction of sp³-hybridized carbons (Fsp3) is 0.417. The van der Waals surface area contributed by atoms with Gasteiger partial charge in [-0.2, -0.15) is 0 Å². The molecule has 2 rings (SSSR count). The molecule has 8 heteroatoms. The number of carboxylic acids is 1. The molecular formula is C12H13ClF2N2O3. The predicted molar refractivity (Wildman–Crippen MR) is 68.1 cm³/mol. The SMILES string of the molecule is Cl.O=C(O)C1CCN(C(=O)c2ccccn2)CC1(F)F. The lowest BCUT2D eigenvalue weighted by molar-refractivity contribution is -0.165. The minimum atomic E-state index is -3.42. The molecule has 2 heterocycles. The lowest BCUT2D eigenvalue weighted by atomic mass is 9.93. The van der Waals surface area contributed by atoms with E-state index in [0.29, 0.717) is 0 Å². The summed E-state index contributed by atoms with van der Waals surface area (Å²) in [6.45, 7) is -0.901. The number of likely N-dealkylation sites (tertiary alicyclic amines) is 1. The molecule has 1 aliphatic heterocycles. The van der Waals surface area contributed by atoms with Crippen LogP contribution in [-0.4, -0.2) is 45.9 Å². The molecule has 1 N–H and O–H groups in total. The summed E-state index contributed by atoms with van der Waals surface area (Å²) in [5.74, 6) is -7.30. The number of nitrogens with zero attached hydrogens (tertiary/aromatic N) is 2. The molecule has 0 aromatic carbocycles. The zero-order chi connectivity index (χ0) is 14.0. The second kappa shape index (κ2) is 6.13. The number of carboxylic acid groups (broad SMARTS) is 1. The molecule has 0 saturated carbocycles. The number of hydrogen-bond acceptors (Lipinski definition) is 3. The maximum absolute atomic E-state index is 13.7. The van der Waals surface area contributed by atoms with Crippen LogP contribution in [0.15, 0.2) is 24.4 Å². The third kappa shape index (κ3) is 3.22. The summed E-state index contributed by atoms with van der Waals surface area (Å²) in [4.78, 5) is 27.4. The van der Waals surface area contributed by atoms with Gasteiger partial charge in [-0.3, -0.25) is 14.6 Å². The highest BCUT2D eigenvalue weighted by molar-refractivity contribution is 5.92. The van der Waals surface area contributed by atoms with Crippen LogP contribution in [0.3, 0.4) is 0 Å². The Hall–Kier alpha value is -1.76. The van der Waals surface area contributed by atoms with Crippen molar-refractivity contribution in [3.05, 3.63) is 30.1 Å². The minimum Gasteiger partial charge on any atom is -0.481 e. The number of pyridine rings is 1. The van der Waals surface area contributed by atoms with Crippen LogP contribution in [0.25, 0.3) is 0 Å². The summed E-state index contributed by atoms with van der Waals surface area (Å²) >= 11 is 0. The number of aliphatic carboxylic acids is 1. The quantitative estimate of drug-likeness (QED) is 0.902. The Morgan fingerprint density at radius 1 is 1.40 bits per heavy atom. The van der Waals surface area contributed by atoms with Gasteiger partial charge in [0.1, 0.15) is 11.6 Å². The first-order chi connectivity index (χ1) is 8.92. The first-order valence-corrected chi connectivity index (χ1v) is 5.73. The lowest BCUT2D eigenvalue weighted by Gasteiger charge is -2.36. The molecule has 1 atom stereocenters. The molecule has 1 unspecified atom stereocenters. The second-order valence-corrected chi connectivity index (χ2v) is 4.38. The molecule has 20 heavy (non-hydrogen) atoms. The number of amides is 1. The van der Waals surface area contributed by atoms with Gasteiger partial charge in [0.2, 0.25) is 0 Å². The third-order valence-corrected chi connectivity index (χ3v) is 3.07. The summed E-state index contributed by atoms with van der Waals surface area (Å²) in [6.07, 6.45) is 1.14. The summed E-state index contributed by atoms with van der Waals surface area (Å²) in [5.41, 5.74) is 0.0760. The van der Waals surface area contributed by atoms with E-state index in [4.69, 9.17) is 5.11 Å².